The molecule has 0 aromatic heterocycles. The normalized spacial score (nSPS) is 28.4. The van der Waals surface area contributed by atoms with Crippen molar-refractivity contribution < 1.29 is 63.7 Å². The van der Waals surface area contributed by atoms with Crippen LogP contribution in [-0.2, 0) is 28.6 Å². The highest BCUT2D eigenvalue weighted by atomic mass is 16.7. The van der Waals surface area contributed by atoms with Crippen LogP contribution in [0.3, 0.4) is 0 Å². The third-order valence-electron chi connectivity index (χ3n) is 11.1. The van der Waals surface area contributed by atoms with Gasteiger partial charge in [0.2, 0.25) is 0 Å². The number of nitrogens with zero attached hydrogens (tertiary/aromatic N) is 1. The maximum absolute atomic E-state index is 14.3. The van der Waals surface area contributed by atoms with Crippen LogP contribution >= 0.6 is 0 Å². The molecule has 0 saturated heterocycles. The number of Topliss-reactive ketones (excluding diaryl/α,β-unsaturated/α-hetero) is 1. The number of methoxy groups -OCH3 is 1. The Kier molecular flexibility index (Phi) is 15.0. The standard InChI is InChI=1S/C43H58N2O13/c1-11-12-13-18-56-44-20-28-33-38(51)31-30(37(28)50)32-40(26(7)36(31)49)58-43(9,41(32)52)55-19-17-29(54-10)23(4)39(57-27(8)46)25(6)35(48)24(5)34(47)21(2)15-14-16-22(3)42(53)45-33/h14-17,19-21,23-25,29,34-35,39,47-51H,11-13,18H2,1-10H3,(H,45,53). The van der Waals surface area contributed by atoms with E-state index in [0.717, 1.165) is 19.1 Å². The molecule has 3 aliphatic rings. The number of aliphatic hydroxyl groups excluding tert-OH is 2. The van der Waals surface area contributed by atoms with Gasteiger partial charge in [0.15, 0.2) is 5.75 Å². The molecule has 0 fully saturated rings. The number of oxime groups is 1. The van der Waals surface area contributed by atoms with Crippen LogP contribution in [0.5, 0.6) is 23.0 Å². The number of unbranched alkanes of at least 4 members (excludes halogenated alkanes) is 2. The number of carbonyl (C=O) groups is 3. The molecule has 5 rings (SSSR count). The Morgan fingerprint density at radius 3 is 2.29 bits per heavy atom. The number of ketones is 1. The lowest BCUT2D eigenvalue weighted by Gasteiger charge is -2.38. The van der Waals surface area contributed by atoms with Crippen LogP contribution in [0.2, 0.25) is 0 Å². The summed E-state index contributed by atoms with van der Waals surface area (Å²) >= 11 is 0. The third-order valence-corrected chi connectivity index (χ3v) is 11.1. The van der Waals surface area contributed by atoms with E-state index in [0.29, 0.717) is 6.42 Å². The first kappa shape index (κ1) is 45.6. The van der Waals surface area contributed by atoms with Crippen molar-refractivity contribution in [1.82, 2.24) is 0 Å². The number of benzene rings is 2. The van der Waals surface area contributed by atoms with E-state index in [2.05, 4.69) is 10.5 Å². The molecule has 318 valence electrons. The Morgan fingerprint density at radius 1 is 0.966 bits per heavy atom. The number of ether oxygens (including phenoxy) is 4. The second-order valence-corrected chi connectivity index (χ2v) is 15.4. The minimum atomic E-state index is -2.05. The van der Waals surface area contributed by atoms with Crippen LogP contribution in [0.4, 0.5) is 5.69 Å². The van der Waals surface area contributed by atoms with Gasteiger partial charge in [-0.2, -0.15) is 0 Å². The number of anilines is 1. The fourth-order valence-corrected chi connectivity index (χ4v) is 7.43. The number of allylic oxidation sites excluding steroid dienone is 2. The van der Waals surface area contributed by atoms with Crippen molar-refractivity contribution in [3.63, 3.8) is 0 Å². The van der Waals surface area contributed by atoms with E-state index in [1.54, 1.807) is 39.8 Å². The molecule has 0 aliphatic carbocycles. The van der Waals surface area contributed by atoms with Crippen molar-refractivity contribution in [3.05, 3.63) is 52.8 Å². The molecular formula is C43H58N2O13. The zero-order chi connectivity index (χ0) is 43.2. The predicted octanol–water partition coefficient (Wildman–Crippen LogP) is 6.29. The molecule has 3 heterocycles. The zero-order valence-electron chi connectivity index (χ0n) is 34.9. The van der Waals surface area contributed by atoms with E-state index in [-0.39, 0.29) is 51.1 Å². The summed E-state index contributed by atoms with van der Waals surface area (Å²) in [6, 6.07) is 0. The number of hydrogen-bond acceptors (Lipinski definition) is 14. The summed E-state index contributed by atoms with van der Waals surface area (Å²) in [5.74, 6) is -8.57. The van der Waals surface area contributed by atoms with Gasteiger partial charge in [-0.05, 0) is 26.3 Å². The summed E-state index contributed by atoms with van der Waals surface area (Å²) in [6.45, 7) is 14.7. The number of amides is 1. The Hall–Kier alpha value is -5.12. The van der Waals surface area contributed by atoms with Crippen molar-refractivity contribution >= 4 is 40.3 Å². The van der Waals surface area contributed by atoms with Crippen molar-refractivity contribution in [3.8, 4) is 23.0 Å². The van der Waals surface area contributed by atoms with Crippen LogP contribution in [0.15, 0.2) is 41.3 Å². The minimum absolute atomic E-state index is 0.0391. The van der Waals surface area contributed by atoms with Crippen molar-refractivity contribution in [2.45, 2.75) is 112 Å². The third kappa shape index (κ3) is 9.27. The van der Waals surface area contributed by atoms with Crippen molar-refractivity contribution in [2.24, 2.45) is 28.8 Å². The minimum Gasteiger partial charge on any atom is -0.507 e. The van der Waals surface area contributed by atoms with Gasteiger partial charge in [0.1, 0.15) is 30.0 Å². The maximum Gasteiger partial charge on any atom is 0.312 e. The van der Waals surface area contributed by atoms with Crippen molar-refractivity contribution in [1.29, 1.82) is 0 Å². The van der Waals surface area contributed by atoms with Crippen LogP contribution in [0.1, 0.15) is 96.1 Å². The molecular weight excluding hydrogens is 752 g/mol. The number of nitrogens with one attached hydrogen (secondary N) is 1. The van der Waals surface area contributed by atoms with Crippen LogP contribution in [0.25, 0.3) is 10.8 Å². The Balaban J connectivity index is 1.95. The van der Waals surface area contributed by atoms with Gasteiger partial charge in [-0.15, -0.1) is 0 Å². The number of phenolic OH excluding ortho intramolecular Hbond substituents is 3. The molecule has 15 heteroatoms. The molecule has 15 nitrogen and oxygen atoms in total. The summed E-state index contributed by atoms with van der Waals surface area (Å²) in [6.07, 6.45) is 7.10. The SMILES string of the molecule is CCCCCON=Cc1c2c(O)c3c(O)c(C)c4c(c3c1O)C(=O)C(C)(OC=CC(OC)C(C)C(OC(C)=O)C(C)C(O)C(C)C(O)C(C)C=CC=C(C)C(=O)N2)O4. The number of carbonyl (C=O) groups excluding carboxylic acids is 3. The van der Waals surface area contributed by atoms with E-state index in [1.807, 2.05) is 6.92 Å². The average Bonchev–Trinajstić information content (AvgIpc) is 3.45. The molecule has 0 spiro atoms. The molecule has 0 radical (unpaired) electrons. The monoisotopic (exact) mass is 810 g/mol. The molecule has 1 amide bonds. The number of phenols is 3. The van der Waals surface area contributed by atoms with E-state index in [1.165, 1.54) is 53.2 Å². The second kappa shape index (κ2) is 19.1. The van der Waals surface area contributed by atoms with Crippen molar-refractivity contribution in [2.75, 3.05) is 19.0 Å². The van der Waals surface area contributed by atoms with Gasteiger partial charge >= 0.3 is 11.8 Å². The van der Waals surface area contributed by atoms with E-state index in [9.17, 15) is 39.9 Å². The highest BCUT2D eigenvalue weighted by molar-refractivity contribution is 6.23. The average molecular weight is 811 g/mol. The lowest BCUT2D eigenvalue weighted by Crippen LogP contribution is -2.46. The molecule has 9 atom stereocenters. The topological polar surface area (TPSA) is 223 Å². The molecule has 9 unspecified atom stereocenters. The fourth-order valence-electron chi connectivity index (χ4n) is 7.43. The zero-order valence-corrected chi connectivity index (χ0v) is 34.9. The Labute approximate surface area is 338 Å². The smallest absolute Gasteiger partial charge is 0.312 e. The second-order valence-electron chi connectivity index (χ2n) is 15.4. The number of fused-ring (bicyclic) bond motifs is 14. The number of aliphatic hydroxyl groups is 2. The van der Waals surface area contributed by atoms with Gasteiger partial charge in [0.05, 0.1) is 53.0 Å². The van der Waals surface area contributed by atoms with E-state index >= 15 is 0 Å². The van der Waals surface area contributed by atoms with Gasteiger partial charge in [-0.25, -0.2) is 0 Å². The molecule has 0 saturated carbocycles. The maximum atomic E-state index is 14.3. The highest BCUT2D eigenvalue weighted by Gasteiger charge is 2.50. The summed E-state index contributed by atoms with van der Waals surface area (Å²) in [5, 5.41) is 64.0. The first-order valence-electron chi connectivity index (χ1n) is 19.6. The number of rotatable bonds is 8. The molecule has 58 heavy (non-hydrogen) atoms. The largest absolute Gasteiger partial charge is 0.507 e. The molecule has 6 N–H and O–H groups in total. The number of hydrogen-bond donors (Lipinski definition) is 6. The molecule has 3 aliphatic heterocycles. The lowest BCUT2D eigenvalue weighted by molar-refractivity contribution is -0.160. The molecule has 2 aromatic carbocycles. The predicted molar refractivity (Wildman–Crippen MR) is 217 cm³/mol. The Bertz CT molecular complexity index is 1990. The van der Waals surface area contributed by atoms with E-state index in [4.69, 9.17) is 23.8 Å². The van der Waals surface area contributed by atoms with Gasteiger partial charge in [-0.1, -0.05) is 70.8 Å². The highest BCUT2D eigenvalue weighted by Crippen LogP contribution is 2.55. The fraction of sp³-hybridized carbons (Fsp3) is 0.535. The van der Waals surface area contributed by atoms with Crippen LogP contribution in [-0.4, -0.2) is 93.3 Å². The number of aromatic hydroxyl groups is 3. The van der Waals surface area contributed by atoms with Gasteiger partial charge in [-0.3, -0.25) is 14.4 Å². The van der Waals surface area contributed by atoms with Gasteiger partial charge < -0.3 is 54.6 Å². The van der Waals surface area contributed by atoms with Gasteiger partial charge in [0.25, 0.3) is 11.7 Å². The summed E-state index contributed by atoms with van der Waals surface area (Å²) in [7, 11) is 1.43. The molecule has 5 bridgehead atoms. The van der Waals surface area contributed by atoms with Gasteiger partial charge in [0, 0.05) is 61.2 Å². The first-order chi connectivity index (χ1) is 27.3. The quantitative estimate of drug-likeness (QED) is 0.0431. The summed E-state index contributed by atoms with van der Waals surface area (Å²) in [5.41, 5.74) is -0.565. The molecule has 2 aromatic rings. The van der Waals surface area contributed by atoms with Crippen LogP contribution in [0, 0.1) is 30.6 Å². The summed E-state index contributed by atoms with van der Waals surface area (Å²) in [4.78, 5) is 45.7. The Morgan fingerprint density at radius 2 is 1.66 bits per heavy atom. The summed E-state index contributed by atoms with van der Waals surface area (Å²) < 4.78 is 23.5. The number of esters is 1. The van der Waals surface area contributed by atoms with Crippen LogP contribution < -0.4 is 10.1 Å². The first-order valence-corrected chi connectivity index (χ1v) is 19.6. The van der Waals surface area contributed by atoms with E-state index < -0.39 is 88.8 Å². The lowest BCUT2D eigenvalue weighted by atomic mass is 9.78.